The van der Waals surface area contributed by atoms with E-state index in [0.717, 1.165) is 4.88 Å². The standard InChI is InChI=1S/C13H13ClN2O2S/c1-8-5-11(19-9(8)2)7-15-12-6-10(14)3-4-13(12)16(17)18/h3-6,15H,7H2,1-2H3. The van der Waals surface area contributed by atoms with Gasteiger partial charge >= 0.3 is 0 Å². The molecule has 0 unspecified atom stereocenters. The Kier molecular flexibility index (Phi) is 4.07. The van der Waals surface area contributed by atoms with Crippen molar-refractivity contribution in [2.24, 2.45) is 0 Å². The van der Waals surface area contributed by atoms with Crippen LogP contribution in [0.25, 0.3) is 0 Å². The van der Waals surface area contributed by atoms with Gasteiger partial charge in [-0.25, -0.2) is 0 Å². The number of nitrogens with zero attached hydrogens (tertiary/aromatic N) is 1. The van der Waals surface area contributed by atoms with E-state index in [-0.39, 0.29) is 5.69 Å². The zero-order valence-electron chi connectivity index (χ0n) is 10.6. The summed E-state index contributed by atoms with van der Waals surface area (Å²) in [7, 11) is 0. The Morgan fingerprint density at radius 2 is 2.11 bits per heavy atom. The fourth-order valence-corrected chi connectivity index (χ4v) is 2.89. The zero-order valence-corrected chi connectivity index (χ0v) is 12.1. The third kappa shape index (κ3) is 3.24. The lowest BCUT2D eigenvalue weighted by molar-refractivity contribution is -0.384. The molecule has 0 bridgehead atoms. The van der Waals surface area contributed by atoms with Gasteiger partial charge in [0.2, 0.25) is 0 Å². The van der Waals surface area contributed by atoms with Crippen LogP contribution in [0.5, 0.6) is 0 Å². The number of thiophene rings is 1. The lowest BCUT2D eigenvalue weighted by atomic mass is 10.2. The Bertz CT molecular complexity index is 606. The maximum absolute atomic E-state index is 10.9. The van der Waals surface area contributed by atoms with Crippen LogP contribution in [0.15, 0.2) is 24.3 Å². The average molecular weight is 297 g/mol. The summed E-state index contributed by atoms with van der Waals surface area (Å²) in [4.78, 5) is 12.9. The van der Waals surface area contributed by atoms with Crippen LogP contribution in [0.1, 0.15) is 15.3 Å². The molecule has 6 heteroatoms. The van der Waals surface area contributed by atoms with Gasteiger partial charge in [-0.3, -0.25) is 10.1 Å². The van der Waals surface area contributed by atoms with Crippen LogP contribution in [0.4, 0.5) is 11.4 Å². The SMILES string of the molecule is Cc1cc(CNc2cc(Cl)ccc2[N+](=O)[O-])sc1C. The summed E-state index contributed by atoms with van der Waals surface area (Å²) in [5.41, 5.74) is 1.72. The summed E-state index contributed by atoms with van der Waals surface area (Å²) in [6.45, 7) is 4.67. The third-order valence-corrected chi connectivity index (χ3v) is 4.21. The number of nitro groups is 1. The van der Waals surface area contributed by atoms with E-state index >= 15 is 0 Å². The number of hydrogen-bond acceptors (Lipinski definition) is 4. The number of anilines is 1. The van der Waals surface area contributed by atoms with Crippen LogP contribution in [-0.4, -0.2) is 4.92 Å². The van der Waals surface area contributed by atoms with Crippen LogP contribution in [0.3, 0.4) is 0 Å². The third-order valence-electron chi connectivity index (χ3n) is 2.83. The molecule has 0 radical (unpaired) electrons. The first-order valence-electron chi connectivity index (χ1n) is 5.71. The number of nitro benzene ring substituents is 1. The highest BCUT2D eigenvalue weighted by atomic mass is 35.5. The normalized spacial score (nSPS) is 10.5. The van der Waals surface area contributed by atoms with Crippen molar-refractivity contribution in [3.05, 3.63) is 54.7 Å². The molecule has 0 spiro atoms. The lowest BCUT2D eigenvalue weighted by Gasteiger charge is -2.06. The first-order valence-corrected chi connectivity index (χ1v) is 6.90. The van der Waals surface area contributed by atoms with Gasteiger partial charge in [0.25, 0.3) is 5.69 Å². The van der Waals surface area contributed by atoms with E-state index in [4.69, 9.17) is 11.6 Å². The topological polar surface area (TPSA) is 55.2 Å². The molecule has 100 valence electrons. The Morgan fingerprint density at radius 3 is 2.68 bits per heavy atom. The number of rotatable bonds is 4. The quantitative estimate of drug-likeness (QED) is 0.665. The van der Waals surface area contributed by atoms with Crippen LogP contribution in [-0.2, 0) is 6.54 Å². The minimum atomic E-state index is -0.413. The van der Waals surface area contributed by atoms with Gasteiger partial charge in [0.05, 0.1) is 4.92 Å². The van der Waals surface area contributed by atoms with Gasteiger partial charge in [-0.15, -0.1) is 11.3 Å². The van der Waals surface area contributed by atoms with Crippen LogP contribution in [0.2, 0.25) is 5.02 Å². The first-order chi connectivity index (χ1) is 8.97. The second-order valence-electron chi connectivity index (χ2n) is 4.22. The minimum Gasteiger partial charge on any atom is -0.375 e. The molecule has 0 aliphatic heterocycles. The van der Waals surface area contributed by atoms with Crippen molar-refractivity contribution in [3.8, 4) is 0 Å². The maximum Gasteiger partial charge on any atom is 0.292 e. The first kappa shape index (κ1) is 13.8. The predicted molar refractivity (Wildman–Crippen MR) is 79.2 cm³/mol. The summed E-state index contributed by atoms with van der Waals surface area (Å²) in [6, 6.07) is 6.59. The van der Waals surface area contributed by atoms with Gasteiger partial charge in [-0.05, 0) is 37.6 Å². The van der Waals surface area contributed by atoms with E-state index in [0.29, 0.717) is 17.3 Å². The number of nitrogens with one attached hydrogen (secondary N) is 1. The van der Waals surface area contributed by atoms with E-state index in [2.05, 4.69) is 25.2 Å². The molecule has 0 saturated carbocycles. The Labute approximate surface area is 120 Å². The molecule has 4 nitrogen and oxygen atoms in total. The largest absolute Gasteiger partial charge is 0.375 e. The van der Waals surface area contributed by atoms with E-state index in [9.17, 15) is 10.1 Å². The van der Waals surface area contributed by atoms with Crippen molar-refractivity contribution in [2.45, 2.75) is 20.4 Å². The molecule has 1 aromatic heterocycles. The zero-order chi connectivity index (χ0) is 14.0. The van der Waals surface area contributed by atoms with Crippen LogP contribution >= 0.6 is 22.9 Å². The molecule has 1 heterocycles. The van der Waals surface area contributed by atoms with Gasteiger partial charge in [-0.2, -0.15) is 0 Å². The lowest BCUT2D eigenvalue weighted by Crippen LogP contribution is -2.01. The molecular formula is C13H13ClN2O2S. The molecule has 0 aliphatic rings. The van der Waals surface area contributed by atoms with E-state index in [1.807, 2.05) is 0 Å². The van der Waals surface area contributed by atoms with E-state index in [1.54, 1.807) is 17.4 Å². The summed E-state index contributed by atoms with van der Waals surface area (Å²) in [5, 5.41) is 14.5. The van der Waals surface area contributed by atoms with Gasteiger partial charge in [-0.1, -0.05) is 11.6 Å². The van der Waals surface area contributed by atoms with Crippen molar-refractivity contribution in [1.82, 2.24) is 0 Å². The van der Waals surface area contributed by atoms with Crippen LogP contribution < -0.4 is 5.32 Å². The van der Waals surface area contributed by atoms with Crippen molar-refractivity contribution in [1.29, 1.82) is 0 Å². The summed E-state index contributed by atoms with van der Waals surface area (Å²) in [6.07, 6.45) is 0. The predicted octanol–water partition coefficient (Wildman–Crippen LogP) is 4.54. The van der Waals surface area contributed by atoms with Crippen molar-refractivity contribution >= 4 is 34.3 Å². The Hall–Kier alpha value is -1.59. The van der Waals surface area contributed by atoms with E-state index < -0.39 is 4.92 Å². The van der Waals surface area contributed by atoms with Crippen molar-refractivity contribution < 1.29 is 4.92 Å². The Balaban J connectivity index is 2.19. The fourth-order valence-electron chi connectivity index (χ4n) is 1.73. The number of halogens is 1. The summed E-state index contributed by atoms with van der Waals surface area (Å²) in [5.74, 6) is 0. The molecule has 0 atom stereocenters. The van der Waals surface area contributed by atoms with Gasteiger partial charge < -0.3 is 5.32 Å². The number of aryl methyl sites for hydroxylation is 2. The van der Waals surface area contributed by atoms with Gasteiger partial charge in [0, 0.05) is 27.4 Å². The molecule has 2 rings (SSSR count). The average Bonchev–Trinajstić information content (AvgIpc) is 2.66. The highest BCUT2D eigenvalue weighted by Gasteiger charge is 2.14. The number of hydrogen-bond donors (Lipinski definition) is 1. The minimum absolute atomic E-state index is 0.0365. The van der Waals surface area contributed by atoms with Gasteiger partial charge in [0.15, 0.2) is 0 Å². The van der Waals surface area contributed by atoms with Crippen molar-refractivity contribution in [3.63, 3.8) is 0 Å². The van der Waals surface area contributed by atoms with Crippen LogP contribution in [0, 0.1) is 24.0 Å². The Morgan fingerprint density at radius 1 is 1.37 bits per heavy atom. The van der Waals surface area contributed by atoms with Crippen molar-refractivity contribution in [2.75, 3.05) is 5.32 Å². The summed E-state index contributed by atoms with van der Waals surface area (Å²) >= 11 is 7.56. The molecule has 1 N–H and O–H groups in total. The van der Waals surface area contributed by atoms with Gasteiger partial charge in [0.1, 0.15) is 5.69 Å². The smallest absolute Gasteiger partial charge is 0.292 e. The van der Waals surface area contributed by atoms with E-state index in [1.165, 1.54) is 22.6 Å². The molecule has 0 fully saturated rings. The molecule has 1 aromatic carbocycles. The fraction of sp³-hybridized carbons (Fsp3) is 0.231. The molecule has 2 aromatic rings. The number of benzene rings is 1. The summed E-state index contributed by atoms with van der Waals surface area (Å²) < 4.78 is 0. The molecular weight excluding hydrogens is 284 g/mol. The monoisotopic (exact) mass is 296 g/mol. The molecule has 19 heavy (non-hydrogen) atoms. The maximum atomic E-state index is 10.9. The molecule has 0 amide bonds. The highest BCUT2D eigenvalue weighted by molar-refractivity contribution is 7.12. The second-order valence-corrected chi connectivity index (χ2v) is 6.00. The molecule has 0 aliphatic carbocycles. The molecule has 0 saturated heterocycles. The second kappa shape index (κ2) is 5.59. The highest BCUT2D eigenvalue weighted by Crippen LogP contribution is 2.29.